The van der Waals surface area contributed by atoms with E-state index in [1.54, 1.807) is 20.2 Å². The van der Waals surface area contributed by atoms with Crippen molar-refractivity contribution in [3.05, 3.63) is 95.8 Å². The van der Waals surface area contributed by atoms with E-state index in [2.05, 4.69) is 28.3 Å². The highest BCUT2D eigenvalue weighted by Crippen LogP contribution is 2.31. The minimum Gasteiger partial charge on any atom is -0.339 e. The van der Waals surface area contributed by atoms with E-state index in [9.17, 15) is 9.59 Å². The number of likely N-dealkylation sites (N-methyl/N-ethyl adjacent to an activating group) is 1. The van der Waals surface area contributed by atoms with Crippen molar-refractivity contribution in [1.29, 1.82) is 0 Å². The van der Waals surface area contributed by atoms with Gasteiger partial charge in [-0.25, -0.2) is 0 Å². The van der Waals surface area contributed by atoms with Crippen molar-refractivity contribution < 1.29 is 9.59 Å². The summed E-state index contributed by atoms with van der Waals surface area (Å²) in [6.07, 6.45) is 16.1. The van der Waals surface area contributed by atoms with Crippen LogP contribution in [0.4, 0.5) is 0 Å². The smallest absolute Gasteiger partial charge is 0.250 e. The summed E-state index contributed by atoms with van der Waals surface area (Å²) in [6, 6.07) is 8.16. The summed E-state index contributed by atoms with van der Waals surface area (Å²) in [5.41, 5.74) is 4.38. The number of nitrogens with one attached hydrogen (secondary N) is 2. The standard InChI is InChI=1S/C30H35N5O2/c1-21-11-6-5-9-18-32-19-17-24(21)25-15-16-26(33-25)27-14-10-20-35(27)30(37)28(23-12-7-4-8-13-23)34-29(36)22(2)31-3/h4-9,11-13,15,17,19,22,27-28,31H,1,10,14,16,18,20H2,2-3H3,(H,34,36)/b9-5-,11-6-,24-17?,32-19?/t22-,27-,28-/m0/s1. The first-order valence-corrected chi connectivity index (χ1v) is 12.8. The van der Waals surface area contributed by atoms with Crippen molar-refractivity contribution in [2.45, 2.75) is 44.3 Å². The summed E-state index contributed by atoms with van der Waals surface area (Å²) >= 11 is 0. The Morgan fingerprint density at radius 2 is 2.00 bits per heavy atom. The van der Waals surface area contributed by atoms with Crippen LogP contribution in [0.25, 0.3) is 0 Å². The highest BCUT2D eigenvalue weighted by molar-refractivity contribution is 5.99. The number of amides is 2. The van der Waals surface area contributed by atoms with Crippen LogP contribution in [0.3, 0.4) is 0 Å². The molecule has 3 atom stereocenters. The Kier molecular flexibility index (Phi) is 8.80. The number of benzene rings is 1. The number of hydrogen-bond donors (Lipinski definition) is 2. The topological polar surface area (TPSA) is 86.2 Å². The van der Waals surface area contributed by atoms with Gasteiger partial charge in [-0.2, -0.15) is 0 Å². The summed E-state index contributed by atoms with van der Waals surface area (Å²) in [7, 11) is 1.73. The Morgan fingerprint density at radius 1 is 1.19 bits per heavy atom. The lowest BCUT2D eigenvalue weighted by molar-refractivity contribution is -0.136. The number of nitrogens with zero attached hydrogens (tertiary/aromatic N) is 3. The Balaban J connectivity index is 1.56. The lowest BCUT2D eigenvalue weighted by atomic mass is 10.0. The zero-order valence-electron chi connectivity index (χ0n) is 21.6. The molecule has 1 fully saturated rings. The third kappa shape index (κ3) is 6.30. The van der Waals surface area contributed by atoms with Crippen LogP contribution >= 0.6 is 0 Å². The summed E-state index contributed by atoms with van der Waals surface area (Å²) in [5, 5.41) is 5.91. The molecule has 4 rings (SSSR count). The van der Waals surface area contributed by atoms with Gasteiger partial charge in [0.1, 0.15) is 6.04 Å². The fraction of sp³-hybridized carbons (Fsp3) is 0.333. The number of aliphatic imine (C=N–C) groups is 2. The molecule has 0 bridgehead atoms. The quantitative estimate of drug-likeness (QED) is 0.600. The Hall–Kier alpha value is -3.84. The average Bonchev–Trinajstić information content (AvgIpc) is 3.60. The highest BCUT2D eigenvalue weighted by Gasteiger charge is 2.38. The third-order valence-corrected chi connectivity index (χ3v) is 6.91. The molecule has 1 aromatic rings. The number of carbonyl (C=O) groups excluding carboxylic acids is 2. The van der Waals surface area contributed by atoms with E-state index in [0.29, 0.717) is 19.5 Å². The monoisotopic (exact) mass is 497 g/mol. The predicted octanol–water partition coefficient (Wildman–Crippen LogP) is 3.85. The third-order valence-electron chi connectivity index (χ3n) is 6.91. The average molecular weight is 498 g/mol. The molecular weight excluding hydrogens is 462 g/mol. The molecule has 0 spiro atoms. The number of carbonyl (C=O) groups is 2. The van der Waals surface area contributed by atoms with Crippen LogP contribution < -0.4 is 10.6 Å². The SMILES string of the molecule is C=C1/C=C\C=C/CN=CC=C1C1=CCC([C@@H]2CCCN2C(=O)[C@@H](NC(=O)[C@H](C)NC)c2ccccc2)=N1. The van der Waals surface area contributed by atoms with E-state index in [1.807, 2.05) is 65.6 Å². The first-order valence-electron chi connectivity index (χ1n) is 12.8. The Labute approximate surface area is 219 Å². The predicted molar refractivity (Wildman–Crippen MR) is 150 cm³/mol. The number of allylic oxidation sites excluding steroid dienone is 6. The van der Waals surface area contributed by atoms with Gasteiger partial charge in [0, 0.05) is 30.5 Å². The van der Waals surface area contributed by atoms with Crippen molar-refractivity contribution in [1.82, 2.24) is 15.5 Å². The molecule has 1 aromatic carbocycles. The molecule has 0 aromatic heterocycles. The molecule has 3 aliphatic rings. The van der Waals surface area contributed by atoms with Gasteiger partial charge in [-0.3, -0.25) is 19.6 Å². The van der Waals surface area contributed by atoms with E-state index >= 15 is 0 Å². The second-order valence-electron chi connectivity index (χ2n) is 9.36. The fourth-order valence-corrected chi connectivity index (χ4v) is 4.71. The largest absolute Gasteiger partial charge is 0.339 e. The van der Waals surface area contributed by atoms with Crippen LogP contribution in [0.5, 0.6) is 0 Å². The molecule has 7 heteroatoms. The molecule has 0 saturated carbocycles. The summed E-state index contributed by atoms with van der Waals surface area (Å²) < 4.78 is 0. The van der Waals surface area contributed by atoms with Crippen LogP contribution in [0, 0.1) is 0 Å². The van der Waals surface area contributed by atoms with E-state index < -0.39 is 12.1 Å². The lowest BCUT2D eigenvalue weighted by Gasteiger charge is -2.30. The van der Waals surface area contributed by atoms with Gasteiger partial charge in [-0.1, -0.05) is 67.3 Å². The summed E-state index contributed by atoms with van der Waals surface area (Å²) in [4.78, 5) is 37.9. The van der Waals surface area contributed by atoms with Crippen molar-refractivity contribution in [2.75, 3.05) is 20.1 Å². The van der Waals surface area contributed by atoms with Gasteiger partial charge in [0.15, 0.2) is 0 Å². The second kappa shape index (κ2) is 12.4. The van der Waals surface area contributed by atoms with Crippen molar-refractivity contribution in [3.63, 3.8) is 0 Å². The minimum absolute atomic E-state index is 0.105. The number of hydrogen-bond acceptors (Lipinski definition) is 5. The molecular formula is C30H35N5O2. The van der Waals surface area contributed by atoms with Crippen molar-refractivity contribution >= 4 is 23.7 Å². The van der Waals surface area contributed by atoms with Gasteiger partial charge in [0.05, 0.1) is 24.3 Å². The molecule has 3 heterocycles. The van der Waals surface area contributed by atoms with Gasteiger partial charge in [0.25, 0.3) is 0 Å². The van der Waals surface area contributed by atoms with Crippen LogP contribution in [0.15, 0.2) is 100 Å². The lowest BCUT2D eigenvalue weighted by Crippen LogP contribution is -2.50. The fourth-order valence-electron chi connectivity index (χ4n) is 4.71. The summed E-state index contributed by atoms with van der Waals surface area (Å²) in [6.45, 7) is 7.25. The van der Waals surface area contributed by atoms with E-state index in [1.165, 1.54) is 0 Å². The van der Waals surface area contributed by atoms with Gasteiger partial charge >= 0.3 is 0 Å². The first-order chi connectivity index (χ1) is 18.0. The van der Waals surface area contributed by atoms with Crippen LogP contribution in [-0.4, -0.2) is 60.9 Å². The van der Waals surface area contributed by atoms with Gasteiger partial charge in [-0.05, 0) is 44.0 Å². The maximum Gasteiger partial charge on any atom is 0.250 e. The van der Waals surface area contributed by atoms with Crippen molar-refractivity contribution in [3.8, 4) is 0 Å². The van der Waals surface area contributed by atoms with Crippen LogP contribution in [0.2, 0.25) is 0 Å². The van der Waals surface area contributed by atoms with Crippen LogP contribution in [0.1, 0.15) is 37.8 Å². The molecule has 2 amide bonds. The molecule has 192 valence electrons. The van der Waals surface area contributed by atoms with Crippen molar-refractivity contribution in [2.24, 2.45) is 9.98 Å². The van der Waals surface area contributed by atoms with Crippen LogP contribution in [-0.2, 0) is 9.59 Å². The van der Waals surface area contributed by atoms with E-state index in [0.717, 1.165) is 41.0 Å². The number of likely N-dealkylation sites (tertiary alicyclic amines) is 1. The molecule has 3 aliphatic heterocycles. The maximum atomic E-state index is 13.9. The normalized spacial score (nSPS) is 23.0. The van der Waals surface area contributed by atoms with Gasteiger partial charge < -0.3 is 15.5 Å². The molecule has 1 saturated heterocycles. The molecule has 37 heavy (non-hydrogen) atoms. The molecule has 0 radical (unpaired) electrons. The summed E-state index contributed by atoms with van der Waals surface area (Å²) in [5.74, 6) is -0.320. The highest BCUT2D eigenvalue weighted by atomic mass is 16.2. The minimum atomic E-state index is -0.755. The first kappa shape index (κ1) is 26.2. The zero-order valence-corrected chi connectivity index (χ0v) is 21.6. The number of rotatable bonds is 7. The zero-order chi connectivity index (χ0) is 26.2. The van der Waals surface area contributed by atoms with E-state index in [4.69, 9.17) is 4.99 Å². The Morgan fingerprint density at radius 3 is 2.78 bits per heavy atom. The molecule has 0 aliphatic carbocycles. The van der Waals surface area contributed by atoms with Gasteiger partial charge in [0.2, 0.25) is 11.8 Å². The Bertz CT molecular complexity index is 1210. The second-order valence-corrected chi connectivity index (χ2v) is 9.36. The van der Waals surface area contributed by atoms with E-state index in [-0.39, 0.29) is 17.9 Å². The molecule has 7 nitrogen and oxygen atoms in total. The molecule has 2 N–H and O–H groups in total. The molecule has 0 unspecified atom stereocenters. The maximum absolute atomic E-state index is 13.9. The van der Waals surface area contributed by atoms with Gasteiger partial charge in [-0.15, -0.1) is 0 Å².